The zero-order valence-electron chi connectivity index (χ0n) is 20.0. The van der Waals surface area contributed by atoms with Crippen LogP contribution in [0.1, 0.15) is 117 Å². The Morgan fingerprint density at radius 3 is 1.86 bits per heavy atom. The van der Waals surface area contributed by atoms with Gasteiger partial charge in [-0.15, -0.1) is 0 Å². The molecule has 0 aromatic rings. The lowest BCUT2D eigenvalue weighted by Crippen LogP contribution is -2.32. The van der Waals surface area contributed by atoms with Gasteiger partial charge in [0.15, 0.2) is 0 Å². The minimum Gasteiger partial charge on any atom is -0.395 e. The fourth-order valence-corrected chi connectivity index (χ4v) is 3.83. The van der Waals surface area contributed by atoms with E-state index in [-0.39, 0.29) is 6.61 Å². The number of aliphatic hydroxyl groups excluding tert-OH is 2. The van der Waals surface area contributed by atoms with E-state index in [0.29, 0.717) is 25.1 Å². The Hall–Kier alpha value is -0.160. The Kier molecular flexibility index (Phi) is 21.0. The van der Waals surface area contributed by atoms with Gasteiger partial charge in [0.05, 0.1) is 19.3 Å². The van der Waals surface area contributed by atoms with Crippen molar-refractivity contribution in [2.45, 2.75) is 123 Å². The van der Waals surface area contributed by atoms with Gasteiger partial charge in [-0.3, -0.25) is 0 Å². The third-order valence-electron chi connectivity index (χ3n) is 5.83. The lowest BCUT2D eigenvalue weighted by atomic mass is 9.82. The van der Waals surface area contributed by atoms with Crippen LogP contribution < -0.4 is 5.32 Å². The summed E-state index contributed by atoms with van der Waals surface area (Å²) in [6.07, 6.45) is 19.8. The van der Waals surface area contributed by atoms with Crippen LogP contribution in [-0.4, -0.2) is 49.2 Å². The van der Waals surface area contributed by atoms with Crippen LogP contribution in [0, 0.1) is 5.41 Å². The molecule has 0 saturated heterocycles. The van der Waals surface area contributed by atoms with E-state index in [1.807, 2.05) is 0 Å². The predicted molar refractivity (Wildman–Crippen MR) is 125 cm³/mol. The van der Waals surface area contributed by atoms with Gasteiger partial charge < -0.3 is 20.3 Å². The molecule has 29 heavy (non-hydrogen) atoms. The van der Waals surface area contributed by atoms with Gasteiger partial charge in [0.2, 0.25) is 0 Å². The van der Waals surface area contributed by atoms with Gasteiger partial charge in [0.1, 0.15) is 0 Å². The van der Waals surface area contributed by atoms with Gasteiger partial charge in [-0.1, -0.05) is 97.8 Å². The first-order valence-electron chi connectivity index (χ1n) is 12.6. The summed E-state index contributed by atoms with van der Waals surface area (Å²) >= 11 is 0. The van der Waals surface area contributed by atoms with Gasteiger partial charge in [0, 0.05) is 19.7 Å². The number of rotatable bonds is 23. The van der Waals surface area contributed by atoms with E-state index in [2.05, 4.69) is 26.1 Å². The molecule has 0 radical (unpaired) electrons. The van der Waals surface area contributed by atoms with Crippen LogP contribution in [0.25, 0.3) is 0 Å². The van der Waals surface area contributed by atoms with Crippen molar-refractivity contribution in [2.75, 3.05) is 32.9 Å². The highest BCUT2D eigenvalue weighted by Gasteiger charge is 2.16. The lowest BCUT2D eigenvalue weighted by molar-refractivity contribution is 0.0350. The highest BCUT2D eigenvalue weighted by atomic mass is 16.5. The largest absolute Gasteiger partial charge is 0.395 e. The van der Waals surface area contributed by atoms with Crippen LogP contribution in [0.4, 0.5) is 0 Å². The molecule has 3 N–H and O–H groups in total. The molecule has 0 fully saturated rings. The summed E-state index contributed by atoms with van der Waals surface area (Å²) in [6.45, 7) is 9.43. The number of hydrogen-bond acceptors (Lipinski definition) is 4. The smallest absolute Gasteiger partial charge is 0.0897 e. The van der Waals surface area contributed by atoms with Crippen molar-refractivity contribution in [3.8, 4) is 0 Å². The van der Waals surface area contributed by atoms with E-state index >= 15 is 0 Å². The molecule has 0 bridgehead atoms. The molecule has 0 heterocycles. The van der Waals surface area contributed by atoms with E-state index in [0.717, 1.165) is 13.0 Å². The number of nitrogens with one attached hydrogen (secondary N) is 1. The second-order valence-corrected chi connectivity index (χ2v) is 9.56. The molecule has 4 heteroatoms. The average molecular weight is 416 g/mol. The molecular formula is C25H53NO3. The molecule has 0 aromatic heterocycles. The van der Waals surface area contributed by atoms with Crippen LogP contribution in [0.2, 0.25) is 0 Å². The van der Waals surface area contributed by atoms with Crippen molar-refractivity contribution in [1.82, 2.24) is 5.32 Å². The fraction of sp³-hybridized carbons (Fsp3) is 1.00. The highest BCUT2D eigenvalue weighted by Crippen LogP contribution is 2.30. The Labute approximate surface area is 182 Å². The first-order valence-corrected chi connectivity index (χ1v) is 12.6. The molecule has 4 nitrogen and oxygen atoms in total. The van der Waals surface area contributed by atoms with Crippen molar-refractivity contribution in [3.05, 3.63) is 0 Å². The van der Waals surface area contributed by atoms with E-state index in [1.54, 1.807) is 0 Å². The number of hydrogen-bond donors (Lipinski definition) is 3. The summed E-state index contributed by atoms with van der Waals surface area (Å²) in [5.74, 6) is 0. The SMILES string of the molecule is CCCCCCCCC(C)(C)CCCCCCCCCOCC(O)CNCCO. The maximum Gasteiger partial charge on any atom is 0.0897 e. The van der Waals surface area contributed by atoms with Crippen molar-refractivity contribution in [1.29, 1.82) is 0 Å². The van der Waals surface area contributed by atoms with E-state index in [9.17, 15) is 5.11 Å². The molecule has 0 aliphatic carbocycles. The van der Waals surface area contributed by atoms with E-state index in [1.165, 1.54) is 89.9 Å². The molecule has 0 aliphatic rings. The minimum atomic E-state index is -0.480. The zero-order chi connectivity index (χ0) is 21.6. The molecule has 0 aliphatic heterocycles. The molecule has 0 amide bonds. The van der Waals surface area contributed by atoms with Crippen molar-refractivity contribution in [2.24, 2.45) is 5.41 Å². The van der Waals surface area contributed by atoms with Crippen molar-refractivity contribution >= 4 is 0 Å². The summed E-state index contributed by atoms with van der Waals surface area (Å²) in [5, 5.41) is 21.3. The summed E-state index contributed by atoms with van der Waals surface area (Å²) in [5.41, 5.74) is 0.528. The van der Waals surface area contributed by atoms with Crippen LogP contribution in [0.3, 0.4) is 0 Å². The van der Waals surface area contributed by atoms with Crippen molar-refractivity contribution < 1.29 is 14.9 Å². The maximum absolute atomic E-state index is 9.68. The second kappa shape index (κ2) is 21.1. The normalized spacial score (nSPS) is 13.1. The molecule has 176 valence electrons. The minimum absolute atomic E-state index is 0.102. The number of aliphatic hydroxyl groups is 2. The molecule has 0 spiro atoms. The summed E-state index contributed by atoms with van der Waals surface area (Å²) < 4.78 is 5.52. The molecule has 0 rings (SSSR count). The predicted octanol–water partition coefficient (Wildman–Crippen LogP) is 5.84. The highest BCUT2D eigenvalue weighted by molar-refractivity contribution is 4.69. The Morgan fingerprint density at radius 2 is 1.31 bits per heavy atom. The van der Waals surface area contributed by atoms with Crippen LogP contribution in [-0.2, 0) is 4.74 Å². The van der Waals surface area contributed by atoms with E-state index in [4.69, 9.17) is 9.84 Å². The lowest BCUT2D eigenvalue weighted by Gasteiger charge is -2.24. The number of unbranched alkanes of at least 4 members (excludes halogenated alkanes) is 11. The van der Waals surface area contributed by atoms with Gasteiger partial charge >= 0.3 is 0 Å². The van der Waals surface area contributed by atoms with Gasteiger partial charge in [-0.2, -0.15) is 0 Å². The van der Waals surface area contributed by atoms with E-state index < -0.39 is 6.10 Å². The van der Waals surface area contributed by atoms with Crippen LogP contribution in [0.5, 0.6) is 0 Å². The average Bonchev–Trinajstić information content (AvgIpc) is 2.69. The third-order valence-corrected chi connectivity index (χ3v) is 5.83. The Morgan fingerprint density at radius 1 is 0.793 bits per heavy atom. The second-order valence-electron chi connectivity index (χ2n) is 9.56. The topological polar surface area (TPSA) is 61.7 Å². The molecule has 1 atom stereocenters. The summed E-state index contributed by atoms with van der Waals surface area (Å²) in [7, 11) is 0. The maximum atomic E-state index is 9.68. The first kappa shape index (κ1) is 28.8. The molecule has 0 aromatic carbocycles. The quantitative estimate of drug-likeness (QED) is 0.183. The summed E-state index contributed by atoms with van der Waals surface area (Å²) in [4.78, 5) is 0. The Bertz CT molecular complexity index is 323. The van der Waals surface area contributed by atoms with Crippen LogP contribution >= 0.6 is 0 Å². The molecule has 0 saturated carbocycles. The van der Waals surface area contributed by atoms with Gasteiger partial charge in [0.25, 0.3) is 0 Å². The molecular weight excluding hydrogens is 362 g/mol. The van der Waals surface area contributed by atoms with Crippen LogP contribution in [0.15, 0.2) is 0 Å². The monoisotopic (exact) mass is 415 g/mol. The summed E-state index contributed by atoms with van der Waals surface area (Å²) in [6, 6.07) is 0. The molecule has 1 unspecified atom stereocenters. The Balaban J connectivity index is 3.33. The third kappa shape index (κ3) is 22.3. The van der Waals surface area contributed by atoms with Gasteiger partial charge in [-0.05, 0) is 24.7 Å². The first-order chi connectivity index (χ1) is 14.0. The number of ether oxygens (including phenoxy) is 1. The zero-order valence-corrected chi connectivity index (χ0v) is 20.0. The van der Waals surface area contributed by atoms with Gasteiger partial charge in [-0.25, -0.2) is 0 Å². The fourth-order valence-electron chi connectivity index (χ4n) is 3.83. The standard InChI is InChI=1S/C25H53NO3/c1-4-5-6-7-11-14-17-25(2,3)18-15-12-9-8-10-13-16-21-29-23-24(28)22-26-19-20-27/h24,26-28H,4-23H2,1-3H3. The van der Waals surface area contributed by atoms with Crippen molar-refractivity contribution in [3.63, 3.8) is 0 Å².